The summed E-state index contributed by atoms with van der Waals surface area (Å²) >= 11 is 25.1. The quantitative estimate of drug-likeness (QED) is 0.0278. The number of nitrogens with zero attached hydrogens (tertiary/aromatic N) is 6. The predicted octanol–water partition coefficient (Wildman–Crippen LogP) is 13.2. The maximum Gasteiger partial charge on any atom is 0.255 e. The molecule has 2 aliphatic rings. The molecule has 8 aromatic carbocycles. The first kappa shape index (κ1) is 89.7. The zero-order chi connectivity index (χ0) is 85.4. The molecule has 0 bridgehead atoms. The molecule has 0 unspecified atom stereocenters. The zero-order valence-electron chi connectivity index (χ0n) is 63.3. The van der Waals surface area contributed by atoms with Crippen molar-refractivity contribution < 1.29 is 72.5 Å². The third-order valence-corrected chi connectivity index (χ3v) is 25.8. The van der Waals surface area contributed by atoms with Gasteiger partial charge >= 0.3 is 0 Å². The number of nitrogens with one attached hydrogen (secondary N) is 6. The van der Waals surface area contributed by atoms with Gasteiger partial charge in [0.1, 0.15) is 0 Å². The minimum Gasteiger partial charge on any atom is -0.395 e. The Morgan fingerprint density at radius 1 is 0.325 bits per heavy atom. The Labute approximate surface area is 712 Å². The SMILES string of the molecule is O=C(Nc1ccc(Cl)c(-c2ccccn2)c1)c1ccc(S(=O)(=O)N2CCOCC2)cc1.O=C(Nc1ccc(Cl)c(-c2ccccn2)c1)c1ccc(S(=O)(=O)NCCO)cc1.O=C(Nc1ccc(Cl)c(-c2ccccn2)c1)c1cccc(S(=O)(=O)N2CCOCC2)c1.O=C(Nc1ccc(Cl)c(-c2ccccn2)c1)c1cccc(S(=O)(=O)NCCO)c1. The van der Waals surface area contributed by atoms with Crippen LogP contribution >= 0.6 is 46.4 Å². The summed E-state index contributed by atoms with van der Waals surface area (Å²) in [7, 11) is -14.8. The number of sulfonamides is 4. The first-order valence-corrected chi connectivity index (χ1v) is 43.9. The lowest BCUT2D eigenvalue weighted by Crippen LogP contribution is -2.40. The van der Waals surface area contributed by atoms with E-state index in [0.717, 1.165) is 0 Å². The number of hydrogen-bond donors (Lipinski definition) is 8. The van der Waals surface area contributed by atoms with Crippen LogP contribution in [0.5, 0.6) is 0 Å². The van der Waals surface area contributed by atoms with Gasteiger partial charge in [-0.15, -0.1) is 0 Å². The molecule has 28 nitrogen and oxygen atoms in total. The normalized spacial score (nSPS) is 13.1. The number of rotatable bonds is 24. The highest BCUT2D eigenvalue weighted by Gasteiger charge is 2.29. The summed E-state index contributed by atoms with van der Waals surface area (Å²) < 4.78 is 117. The molecule has 6 heterocycles. The number of anilines is 4. The van der Waals surface area contributed by atoms with Crippen LogP contribution in [0.1, 0.15) is 41.4 Å². The number of morpholine rings is 2. The van der Waals surface area contributed by atoms with Crippen LogP contribution in [0.4, 0.5) is 22.7 Å². The number of carbonyl (C=O) groups excluding carboxylic acids is 4. The molecule has 14 rings (SSSR count). The van der Waals surface area contributed by atoms with E-state index in [1.165, 1.54) is 93.5 Å². The van der Waals surface area contributed by atoms with Gasteiger partial charge in [0.05, 0.1) is 102 Å². The van der Waals surface area contributed by atoms with Gasteiger partial charge in [-0.05, 0) is 206 Å². The second-order valence-corrected chi connectivity index (χ2v) is 34.9. The lowest BCUT2D eigenvalue weighted by atomic mass is 10.1. The number of aliphatic hydroxyl groups is 2. The number of aliphatic hydroxyl groups excluding tert-OH is 2. The summed E-state index contributed by atoms with van der Waals surface area (Å²) in [6.45, 7) is 1.86. The van der Waals surface area contributed by atoms with E-state index in [4.69, 9.17) is 66.1 Å². The van der Waals surface area contributed by atoms with Crippen molar-refractivity contribution in [3.05, 3.63) is 310 Å². The number of pyridine rings is 4. The Kier molecular flexibility index (Phi) is 31.5. The van der Waals surface area contributed by atoms with Gasteiger partial charge in [-0.25, -0.2) is 43.1 Å². The van der Waals surface area contributed by atoms with Crippen molar-refractivity contribution in [1.82, 2.24) is 38.0 Å². The molecule has 120 heavy (non-hydrogen) atoms. The molecule has 12 aromatic rings. The number of ether oxygens (including phenoxy) is 2. The van der Waals surface area contributed by atoms with E-state index in [-0.39, 0.29) is 62.9 Å². The third kappa shape index (κ3) is 24.1. The molecule has 4 aromatic heterocycles. The molecule has 2 saturated heterocycles. The van der Waals surface area contributed by atoms with Crippen molar-refractivity contribution in [3.8, 4) is 45.0 Å². The topological polar surface area (TPSA) is 394 Å². The molecule has 0 spiro atoms. The van der Waals surface area contributed by atoms with Crippen molar-refractivity contribution in [1.29, 1.82) is 0 Å². The molecule has 620 valence electrons. The number of halogens is 4. The highest BCUT2D eigenvalue weighted by atomic mass is 35.5. The first-order chi connectivity index (χ1) is 57.7. The van der Waals surface area contributed by atoms with Crippen LogP contribution in [0, 0.1) is 0 Å². The molecule has 0 radical (unpaired) electrons. The van der Waals surface area contributed by atoms with E-state index in [2.05, 4.69) is 50.6 Å². The number of carbonyl (C=O) groups is 4. The van der Waals surface area contributed by atoms with Crippen LogP contribution in [0.3, 0.4) is 0 Å². The molecule has 8 N–H and O–H groups in total. The number of amides is 4. The lowest BCUT2D eigenvalue weighted by Gasteiger charge is -2.26. The molecular formula is C84H76Cl4N12O16S4. The van der Waals surface area contributed by atoms with E-state index in [0.29, 0.717) is 152 Å². The standard InChI is InChI=1S/2C22H20ClN3O4S.2C20H18ClN3O4S/c23-20-8-7-17(15-19(20)21-6-1-2-9-24-21)25-22(27)16-4-3-5-18(14-16)31(28,29)26-10-12-30-13-11-26;23-20-9-6-17(15-19(20)21-3-1-2-10-24-21)25-22(27)16-4-7-18(8-5-16)31(28,29)26-11-13-30-14-12-26;21-18-8-7-15(13-17(18)19-6-1-2-9-22-19)24-20(26)14-4-3-5-16(12-14)29(27,28)23-10-11-25;21-18-9-6-15(13-17(18)19-3-1-2-10-22-19)24-20(26)14-4-7-16(8-5-14)29(27,28)23-11-12-25/h1-9,14-15H,10-13H2,(H,25,27);1-10,15H,11-14H2,(H,25,27);1-9,12-13,23,25H,10-11H2,(H,24,26);1-10,13,23,25H,11-12H2,(H,24,26). The summed E-state index contributed by atoms with van der Waals surface area (Å²) in [5.74, 6) is -1.65. The highest BCUT2D eigenvalue weighted by molar-refractivity contribution is 7.90. The van der Waals surface area contributed by atoms with Gasteiger partial charge in [0.25, 0.3) is 23.6 Å². The van der Waals surface area contributed by atoms with E-state index in [1.807, 2.05) is 48.5 Å². The van der Waals surface area contributed by atoms with Gasteiger partial charge < -0.3 is 41.0 Å². The van der Waals surface area contributed by atoms with Crippen molar-refractivity contribution in [2.45, 2.75) is 19.6 Å². The predicted molar refractivity (Wildman–Crippen MR) is 460 cm³/mol. The van der Waals surface area contributed by atoms with Crippen LogP contribution in [0.2, 0.25) is 20.1 Å². The van der Waals surface area contributed by atoms with Crippen LogP contribution in [-0.2, 0) is 49.6 Å². The Hall–Kier alpha value is -11.1. The molecule has 36 heteroatoms. The van der Waals surface area contributed by atoms with E-state index in [9.17, 15) is 52.8 Å². The van der Waals surface area contributed by atoms with Crippen molar-refractivity contribution in [3.63, 3.8) is 0 Å². The third-order valence-electron chi connectivity index (χ3n) is 17.7. The van der Waals surface area contributed by atoms with Gasteiger partial charge in [0.2, 0.25) is 40.1 Å². The molecule has 0 aliphatic carbocycles. The smallest absolute Gasteiger partial charge is 0.255 e. The Morgan fingerprint density at radius 3 is 0.933 bits per heavy atom. The molecule has 4 amide bonds. The van der Waals surface area contributed by atoms with Crippen LogP contribution in [0.15, 0.2) is 287 Å². The largest absolute Gasteiger partial charge is 0.395 e. The fraction of sp³-hybridized carbons (Fsp3) is 0.143. The summed E-state index contributed by atoms with van der Waals surface area (Å²) in [5, 5.41) is 30.7. The lowest BCUT2D eigenvalue weighted by molar-refractivity contribution is 0.0730. The second kappa shape index (κ2) is 42.2. The first-order valence-electron chi connectivity index (χ1n) is 36.6. The average Bonchev–Trinajstić information content (AvgIpc) is 0.800. The Balaban J connectivity index is 0.000000157. The van der Waals surface area contributed by atoms with Gasteiger partial charge in [0.15, 0.2) is 0 Å². The van der Waals surface area contributed by atoms with Crippen molar-refractivity contribution in [2.75, 3.05) is 100 Å². The second-order valence-electron chi connectivity index (χ2n) is 25.8. The minimum atomic E-state index is -3.82. The van der Waals surface area contributed by atoms with Crippen LogP contribution in [-0.4, -0.2) is 175 Å². The molecule has 0 saturated carbocycles. The van der Waals surface area contributed by atoms with E-state index >= 15 is 0 Å². The molecule has 2 fully saturated rings. The molecular weight excluding hydrogens is 1700 g/mol. The van der Waals surface area contributed by atoms with Gasteiger partial charge in [-0.3, -0.25) is 39.1 Å². The summed E-state index contributed by atoms with van der Waals surface area (Å²) in [5.41, 5.74) is 8.60. The molecule has 0 atom stereocenters. The molecule has 2 aliphatic heterocycles. The zero-order valence-corrected chi connectivity index (χ0v) is 69.6. The Morgan fingerprint density at radius 2 is 0.617 bits per heavy atom. The number of aromatic nitrogens is 4. The van der Waals surface area contributed by atoms with E-state index < -0.39 is 57.8 Å². The van der Waals surface area contributed by atoms with Crippen LogP contribution < -0.4 is 30.7 Å². The summed E-state index contributed by atoms with van der Waals surface area (Å²) in [6, 6.07) is 65.2. The Bertz CT molecular complexity index is 6090. The monoisotopic (exact) mass is 1780 g/mol. The maximum atomic E-state index is 12.9. The minimum absolute atomic E-state index is 0.00595. The average molecular weight is 1780 g/mol. The van der Waals surface area contributed by atoms with Crippen LogP contribution in [0.25, 0.3) is 45.0 Å². The highest BCUT2D eigenvalue weighted by Crippen LogP contribution is 2.35. The number of benzene rings is 8. The van der Waals surface area contributed by atoms with Gasteiger partial charge in [-0.1, -0.05) is 82.8 Å². The number of hydrogen-bond acceptors (Lipinski definition) is 20. The summed E-state index contributed by atoms with van der Waals surface area (Å²) in [4.78, 5) is 67.9. The fourth-order valence-electron chi connectivity index (χ4n) is 11.7. The van der Waals surface area contributed by atoms with Gasteiger partial charge in [-0.2, -0.15) is 8.61 Å². The fourth-order valence-corrected chi connectivity index (χ4v) is 17.5. The maximum absolute atomic E-state index is 12.9. The van der Waals surface area contributed by atoms with E-state index in [1.54, 1.807) is 134 Å². The van der Waals surface area contributed by atoms with Gasteiger partial charge in [0, 0.05) is 131 Å². The summed E-state index contributed by atoms with van der Waals surface area (Å²) in [6.07, 6.45) is 6.64. The van der Waals surface area contributed by atoms with Crippen molar-refractivity contribution in [2.24, 2.45) is 0 Å². The van der Waals surface area contributed by atoms with Crippen molar-refractivity contribution >= 4 is 133 Å².